The van der Waals surface area contributed by atoms with Gasteiger partial charge in [0, 0.05) is 35.1 Å². The van der Waals surface area contributed by atoms with Gasteiger partial charge in [-0.25, -0.2) is 12.4 Å². The van der Waals surface area contributed by atoms with Gasteiger partial charge in [0.2, 0.25) is 0 Å². The van der Waals surface area contributed by atoms with E-state index in [4.69, 9.17) is 0 Å². The van der Waals surface area contributed by atoms with E-state index in [2.05, 4.69) is 10.3 Å². The van der Waals surface area contributed by atoms with E-state index in [-0.39, 0.29) is 10.5 Å². The fourth-order valence-electron chi connectivity index (χ4n) is 3.80. The van der Waals surface area contributed by atoms with Crippen molar-refractivity contribution < 1.29 is 18.0 Å². The summed E-state index contributed by atoms with van der Waals surface area (Å²) in [5.41, 5.74) is 0.724. The first-order valence-corrected chi connectivity index (χ1v) is 11.5. The Balaban J connectivity index is 1.63. The van der Waals surface area contributed by atoms with E-state index in [0.29, 0.717) is 22.0 Å². The largest absolute Gasteiger partial charge is 0.319 e. The van der Waals surface area contributed by atoms with Crippen molar-refractivity contribution in [2.75, 3.05) is 5.32 Å². The molecular weight excluding hydrogens is 438 g/mol. The number of rotatable bonds is 5. The lowest BCUT2D eigenvalue weighted by Gasteiger charge is -2.10. The number of fused-ring (bicyclic) bond motifs is 2. The second-order valence-electron chi connectivity index (χ2n) is 7.36. The fraction of sp³-hybridized carbons (Fsp3) is 0. The van der Waals surface area contributed by atoms with Gasteiger partial charge >= 0.3 is 0 Å². The molecule has 7 nitrogen and oxygen atoms in total. The first kappa shape index (κ1) is 20.6. The maximum Gasteiger partial charge on any atom is 0.296 e. The van der Waals surface area contributed by atoms with Crippen LogP contribution in [-0.4, -0.2) is 29.1 Å². The molecule has 8 heteroatoms. The molecule has 2 aromatic heterocycles. The molecule has 2 heterocycles. The Hall–Kier alpha value is -4.30. The molecule has 162 valence electrons. The zero-order valence-corrected chi connectivity index (χ0v) is 18.0. The molecule has 0 aliphatic rings. The molecular formula is C25H17N3O4S. The minimum atomic E-state index is -4.06. The van der Waals surface area contributed by atoms with Crippen molar-refractivity contribution in [3.05, 3.63) is 103 Å². The van der Waals surface area contributed by atoms with Gasteiger partial charge in [-0.05, 0) is 29.7 Å². The van der Waals surface area contributed by atoms with Crippen molar-refractivity contribution in [2.45, 2.75) is 4.90 Å². The maximum atomic E-state index is 13.7. The molecule has 0 radical (unpaired) electrons. The van der Waals surface area contributed by atoms with Crippen molar-refractivity contribution in [3.63, 3.8) is 0 Å². The minimum absolute atomic E-state index is 0.000896. The Kier molecular flexibility index (Phi) is 4.99. The summed E-state index contributed by atoms with van der Waals surface area (Å²) >= 11 is 0. The van der Waals surface area contributed by atoms with Crippen molar-refractivity contribution in [3.8, 4) is 0 Å². The lowest BCUT2D eigenvalue weighted by molar-refractivity contribution is -0.112. The molecule has 33 heavy (non-hydrogen) atoms. The molecule has 5 rings (SSSR count). The highest BCUT2D eigenvalue weighted by molar-refractivity contribution is 7.90. The van der Waals surface area contributed by atoms with Crippen LogP contribution in [0.2, 0.25) is 0 Å². The van der Waals surface area contributed by atoms with Crippen LogP contribution in [0.3, 0.4) is 0 Å². The number of nitrogens with zero attached hydrogens (tertiary/aromatic N) is 2. The number of amides is 1. The van der Waals surface area contributed by atoms with Gasteiger partial charge in [-0.2, -0.15) is 0 Å². The summed E-state index contributed by atoms with van der Waals surface area (Å²) in [6.45, 7) is 0. The monoisotopic (exact) mass is 455 g/mol. The number of pyridine rings is 1. The smallest absolute Gasteiger partial charge is 0.296 e. The second-order valence-corrected chi connectivity index (χ2v) is 9.14. The van der Waals surface area contributed by atoms with Gasteiger partial charge in [-0.3, -0.25) is 14.6 Å². The molecule has 3 aromatic carbocycles. The second kappa shape index (κ2) is 7.99. The highest BCUT2D eigenvalue weighted by Gasteiger charge is 2.27. The van der Waals surface area contributed by atoms with Crippen LogP contribution in [0.1, 0.15) is 10.4 Å². The number of hydrogen-bond acceptors (Lipinski definition) is 5. The Morgan fingerprint density at radius 3 is 2.24 bits per heavy atom. The molecule has 0 spiro atoms. The Labute approximate surface area is 189 Å². The third-order valence-electron chi connectivity index (χ3n) is 5.35. The molecule has 1 N–H and O–H groups in total. The lowest BCUT2D eigenvalue weighted by Crippen LogP contribution is -2.22. The molecule has 0 bridgehead atoms. The third-order valence-corrected chi connectivity index (χ3v) is 7.09. The van der Waals surface area contributed by atoms with Crippen molar-refractivity contribution in [1.82, 2.24) is 8.96 Å². The number of Topliss-reactive ketones (excluding diaryl/α,β-unsaturated/α-hetero) is 1. The average Bonchev–Trinajstić information content (AvgIpc) is 3.24. The van der Waals surface area contributed by atoms with Gasteiger partial charge in [0.1, 0.15) is 0 Å². The van der Waals surface area contributed by atoms with Crippen LogP contribution in [0, 0.1) is 0 Å². The maximum absolute atomic E-state index is 13.7. The molecule has 0 unspecified atom stereocenters. The Morgan fingerprint density at radius 1 is 0.788 bits per heavy atom. The molecule has 0 saturated carbocycles. The van der Waals surface area contributed by atoms with E-state index in [0.717, 1.165) is 9.36 Å². The molecule has 0 atom stereocenters. The molecule has 1 amide bonds. The highest BCUT2D eigenvalue weighted by atomic mass is 32.2. The Morgan fingerprint density at radius 2 is 1.45 bits per heavy atom. The number of ketones is 1. The van der Waals surface area contributed by atoms with Crippen molar-refractivity contribution in [1.29, 1.82) is 0 Å². The number of benzene rings is 3. The van der Waals surface area contributed by atoms with Crippen LogP contribution in [0.15, 0.2) is 102 Å². The van der Waals surface area contributed by atoms with Gasteiger partial charge in [-0.1, -0.05) is 54.6 Å². The topological polar surface area (TPSA) is 98.1 Å². The first-order chi connectivity index (χ1) is 16.0. The molecule has 5 aromatic rings. The number of anilines is 1. The van der Waals surface area contributed by atoms with Crippen molar-refractivity contribution >= 4 is 49.1 Å². The summed E-state index contributed by atoms with van der Waals surface area (Å²) in [5, 5.41) is 4.24. The summed E-state index contributed by atoms with van der Waals surface area (Å²) in [7, 11) is -4.06. The zero-order valence-electron chi connectivity index (χ0n) is 17.2. The third kappa shape index (κ3) is 3.56. The van der Waals surface area contributed by atoms with Gasteiger partial charge in [0.15, 0.2) is 0 Å². The van der Waals surface area contributed by atoms with Crippen LogP contribution in [0.25, 0.3) is 21.7 Å². The number of carbonyl (C=O) groups is 2. The van der Waals surface area contributed by atoms with E-state index < -0.39 is 21.7 Å². The zero-order chi connectivity index (χ0) is 23.0. The van der Waals surface area contributed by atoms with Crippen LogP contribution >= 0.6 is 0 Å². The number of para-hydroxylation sites is 1. The SMILES string of the molecule is O=C(Nc1ccncc1)C(=O)c1cn(S(=O)(=O)c2cccc3ccccc23)c2ccccc12. The van der Waals surface area contributed by atoms with Crippen LogP contribution in [0.5, 0.6) is 0 Å². The molecule has 0 fully saturated rings. The predicted octanol–water partition coefficient (Wildman–Crippen LogP) is 4.25. The van der Waals surface area contributed by atoms with Gasteiger partial charge < -0.3 is 5.32 Å². The minimum Gasteiger partial charge on any atom is -0.319 e. The van der Waals surface area contributed by atoms with Gasteiger partial charge in [-0.15, -0.1) is 0 Å². The number of hydrogen-bond donors (Lipinski definition) is 1. The van der Waals surface area contributed by atoms with Crippen LogP contribution in [-0.2, 0) is 14.8 Å². The van der Waals surface area contributed by atoms with E-state index in [1.807, 2.05) is 18.2 Å². The predicted molar refractivity (Wildman–Crippen MR) is 126 cm³/mol. The van der Waals surface area contributed by atoms with Crippen LogP contribution < -0.4 is 5.32 Å². The molecule has 0 aliphatic heterocycles. The quantitative estimate of drug-likeness (QED) is 0.316. The van der Waals surface area contributed by atoms with Gasteiger partial charge in [0.05, 0.1) is 16.0 Å². The average molecular weight is 455 g/mol. The summed E-state index contributed by atoms with van der Waals surface area (Å²) in [4.78, 5) is 29.6. The standard InChI is InChI=1S/C25H17N3O4S/c29-24(25(30)27-18-12-14-26-15-13-18)21-16-28(22-10-4-3-9-20(21)22)33(31,32)23-11-5-7-17-6-1-2-8-19(17)23/h1-16H,(H,26,27,30). The normalized spacial score (nSPS) is 11.5. The molecule has 0 aliphatic carbocycles. The molecule has 0 saturated heterocycles. The first-order valence-electron chi connectivity index (χ1n) is 10.1. The number of aromatic nitrogens is 2. The summed E-state index contributed by atoms with van der Waals surface area (Å²) in [6.07, 6.45) is 4.20. The van der Waals surface area contributed by atoms with Crippen LogP contribution in [0.4, 0.5) is 5.69 Å². The van der Waals surface area contributed by atoms with E-state index >= 15 is 0 Å². The number of nitrogens with one attached hydrogen (secondary N) is 1. The Bertz CT molecular complexity index is 1640. The fourth-order valence-corrected chi connectivity index (χ4v) is 5.39. The summed E-state index contributed by atoms with van der Waals surface area (Å²) in [6, 6.07) is 21.9. The van der Waals surface area contributed by atoms with Gasteiger partial charge in [0.25, 0.3) is 21.7 Å². The highest BCUT2D eigenvalue weighted by Crippen LogP contribution is 2.30. The van der Waals surface area contributed by atoms with E-state index in [9.17, 15) is 18.0 Å². The summed E-state index contributed by atoms with van der Waals surface area (Å²) < 4.78 is 28.5. The van der Waals surface area contributed by atoms with Crippen molar-refractivity contribution in [2.24, 2.45) is 0 Å². The van der Waals surface area contributed by atoms with E-state index in [1.54, 1.807) is 54.6 Å². The summed E-state index contributed by atoms with van der Waals surface area (Å²) in [5.74, 6) is -1.71. The van der Waals surface area contributed by atoms with E-state index in [1.165, 1.54) is 24.7 Å². The number of carbonyl (C=O) groups excluding carboxylic acids is 2. The lowest BCUT2D eigenvalue weighted by atomic mass is 10.1.